The van der Waals surface area contributed by atoms with E-state index in [-0.39, 0.29) is 5.56 Å². The van der Waals surface area contributed by atoms with Crippen LogP contribution in [0.1, 0.15) is 6.92 Å². The molecule has 0 unspecified atom stereocenters. The molecule has 0 bridgehead atoms. The average Bonchev–Trinajstić information content (AvgIpc) is 2.85. The van der Waals surface area contributed by atoms with Gasteiger partial charge in [-0.15, -0.1) is 0 Å². The Bertz CT molecular complexity index is 758. The highest BCUT2D eigenvalue weighted by Gasteiger charge is 2.08. The van der Waals surface area contributed by atoms with Gasteiger partial charge in [0.25, 0.3) is 5.56 Å². The molecule has 0 saturated carbocycles. The van der Waals surface area contributed by atoms with Gasteiger partial charge in [-0.25, -0.2) is 9.67 Å². The predicted molar refractivity (Wildman–Crippen MR) is 70.7 cm³/mol. The molecule has 6 heteroatoms. The molecular weight excluding hydrogens is 244 g/mol. The average molecular weight is 256 g/mol. The summed E-state index contributed by atoms with van der Waals surface area (Å²) < 4.78 is 7.01. The molecule has 0 spiro atoms. The molecule has 2 aromatic heterocycles. The number of rotatable bonds is 3. The number of hydrogen-bond donors (Lipinski definition) is 1. The van der Waals surface area contributed by atoms with Gasteiger partial charge in [0.15, 0.2) is 5.65 Å². The smallest absolute Gasteiger partial charge is 0.261 e. The van der Waals surface area contributed by atoms with Crippen LogP contribution in [0.4, 0.5) is 0 Å². The first-order chi connectivity index (χ1) is 9.29. The van der Waals surface area contributed by atoms with Crippen LogP contribution >= 0.6 is 0 Å². The van der Waals surface area contributed by atoms with E-state index in [1.54, 1.807) is 4.68 Å². The van der Waals surface area contributed by atoms with E-state index >= 15 is 0 Å². The lowest BCUT2D eigenvalue weighted by molar-refractivity contribution is 0.340. The maximum Gasteiger partial charge on any atom is 0.261 e. The Hall–Kier alpha value is -2.63. The van der Waals surface area contributed by atoms with E-state index < -0.39 is 0 Å². The molecule has 0 radical (unpaired) electrons. The second kappa shape index (κ2) is 4.56. The third kappa shape index (κ3) is 1.97. The molecular formula is C13H12N4O2. The highest BCUT2D eigenvalue weighted by molar-refractivity contribution is 5.74. The number of nitrogens with zero attached hydrogens (tertiary/aromatic N) is 3. The molecule has 3 rings (SSSR count). The van der Waals surface area contributed by atoms with Crippen LogP contribution in [-0.2, 0) is 0 Å². The molecule has 0 fully saturated rings. The Balaban J connectivity index is 2.09. The van der Waals surface area contributed by atoms with Gasteiger partial charge in [-0.05, 0) is 31.2 Å². The summed E-state index contributed by atoms with van der Waals surface area (Å²) in [4.78, 5) is 18.3. The van der Waals surface area contributed by atoms with Crippen molar-refractivity contribution in [1.82, 2.24) is 19.7 Å². The van der Waals surface area contributed by atoms with Crippen LogP contribution in [0, 0.1) is 0 Å². The Morgan fingerprint density at radius 1 is 1.32 bits per heavy atom. The van der Waals surface area contributed by atoms with Gasteiger partial charge >= 0.3 is 0 Å². The standard InChI is InChI=1S/C13H12N4O2/c1-2-19-10-5-3-9(4-6-10)17-12-11(7-16-17)13(18)15-8-14-12/h3-8H,2H2,1H3,(H,14,15,18). The summed E-state index contributed by atoms with van der Waals surface area (Å²) in [6, 6.07) is 7.47. The highest BCUT2D eigenvalue weighted by atomic mass is 16.5. The van der Waals surface area contributed by atoms with Crippen molar-refractivity contribution in [3.63, 3.8) is 0 Å². The minimum absolute atomic E-state index is 0.192. The summed E-state index contributed by atoms with van der Waals surface area (Å²) >= 11 is 0. The van der Waals surface area contributed by atoms with Gasteiger partial charge in [0.05, 0.1) is 24.8 Å². The van der Waals surface area contributed by atoms with Crippen LogP contribution in [0.25, 0.3) is 16.7 Å². The van der Waals surface area contributed by atoms with Crippen LogP contribution in [0.3, 0.4) is 0 Å². The second-order valence-electron chi connectivity index (χ2n) is 3.95. The number of hydrogen-bond acceptors (Lipinski definition) is 4. The Morgan fingerprint density at radius 3 is 2.84 bits per heavy atom. The summed E-state index contributed by atoms with van der Waals surface area (Å²) in [7, 11) is 0. The molecule has 0 aliphatic carbocycles. The zero-order chi connectivity index (χ0) is 13.2. The van der Waals surface area contributed by atoms with E-state index in [0.717, 1.165) is 11.4 Å². The quantitative estimate of drug-likeness (QED) is 0.770. The van der Waals surface area contributed by atoms with Crippen molar-refractivity contribution in [2.45, 2.75) is 6.92 Å². The summed E-state index contributed by atoms with van der Waals surface area (Å²) in [6.45, 7) is 2.56. The monoisotopic (exact) mass is 256 g/mol. The van der Waals surface area contributed by atoms with Crippen LogP contribution in [0.15, 0.2) is 41.6 Å². The first kappa shape index (κ1) is 11.5. The molecule has 0 aliphatic heterocycles. The molecule has 0 amide bonds. The van der Waals surface area contributed by atoms with Crippen LogP contribution in [0.5, 0.6) is 5.75 Å². The summed E-state index contributed by atoms with van der Waals surface area (Å²) in [6.07, 6.45) is 2.88. The first-order valence-electron chi connectivity index (χ1n) is 5.94. The maximum absolute atomic E-state index is 11.6. The molecule has 0 saturated heterocycles. The van der Waals surface area contributed by atoms with Gasteiger partial charge in [-0.2, -0.15) is 5.10 Å². The van der Waals surface area contributed by atoms with Gasteiger partial charge in [-0.1, -0.05) is 0 Å². The highest BCUT2D eigenvalue weighted by Crippen LogP contribution is 2.17. The van der Waals surface area contributed by atoms with E-state index in [1.165, 1.54) is 12.5 Å². The number of nitrogens with one attached hydrogen (secondary N) is 1. The van der Waals surface area contributed by atoms with E-state index in [9.17, 15) is 4.79 Å². The third-order valence-corrected chi connectivity index (χ3v) is 2.76. The number of fused-ring (bicyclic) bond motifs is 1. The fourth-order valence-electron chi connectivity index (χ4n) is 1.90. The Kier molecular flexibility index (Phi) is 2.75. The van der Waals surface area contributed by atoms with Crippen LogP contribution in [-0.4, -0.2) is 26.4 Å². The molecule has 19 heavy (non-hydrogen) atoms. The van der Waals surface area contributed by atoms with E-state index in [0.29, 0.717) is 17.6 Å². The van der Waals surface area contributed by atoms with Gasteiger partial charge < -0.3 is 9.72 Å². The molecule has 3 aromatic rings. The normalized spacial score (nSPS) is 10.8. The van der Waals surface area contributed by atoms with Crippen molar-refractivity contribution >= 4 is 11.0 Å². The minimum atomic E-state index is -0.192. The van der Waals surface area contributed by atoms with Crippen LogP contribution < -0.4 is 10.3 Å². The first-order valence-corrected chi connectivity index (χ1v) is 5.94. The number of benzene rings is 1. The van der Waals surface area contributed by atoms with Crippen molar-refractivity contribution in [3.05, 3.63) is 47.1 Å². The zero-order valence-electron chi connectivity index (χ0n) is 10.3. The molecule has 6 nitrogen and oxygen atoms in total. The largest absolute Gasteiger partial charge is 0.494 e. The van der Waals surface area contributed by atoms with Gasteiger partial charge in [0, 0.05) is 0 Å². The van der Waals surface area contributed by atoms with Gasteiger partial charge in [0.1, 0.15) is 11.1 Å². The summed E-state index contributed by atoms with van der Waals surface area (Å²) in [5.74, 6) is 0.800. The topological polar surface area (TPSA) is 72.8 Å². The minimum Gasteiger partial charge on any atom is -0.494 e. The zero-order valence-corrected chi connectivity index (χ0v) is 10.3. The van der Waals surface area contributed by atoms with Gasteiger partial charge in [-0.3, -0.25) is 4.79 Å². The van der Waals surface area contributed by atoms with E-state index in [4.69, 9.17) is 4.74 Å². The fraction of sp³-hybridized carbons (Fsp3) is 0.154. The molecule has 1 aromatic carbocycles. The third-order valence-electron chi connectivity index (χ3n) is 2.76. The van der Waals surface area contributed by atoms with Gasteiger partial charge in [0.2, 0.25) is 0 Å². The van der Waals surface area contributed by atoms with E-state index in [1.807, 2.05) is 31.2 Å². The lowest BCUT2D eigenvalue weighted by Crippen LogP contribution is -2.06. The Morgan fingerprint density at radius 2 is 2.11 bits per heavy atom. The Labute approximate surface area is 108 Å². The molecule has 0 aliphatic rings. The lowest BCUT2D eigenvalue weighted by Gasteiger charge is -2.05. The number of ether oxygens (including phenoxy) is 1. The predicted octanol–water partition coefficient (Wildman–Crippen LogP) is 1.51. The molecule has 0 atom stereocenters. The molecule has 2 heterocycles. The number of H-pyrrole nitrogens is 1. The summed E-state index contributed by atoms with van der Waals surface area (Å²) in [5, 5.41) is 4.66. The summed E-state index contributed by atoms with van der Waals surface area (Å²) in [5.41, 5.74) is 1.17. The number of aromatic nitrogens is 4. The molecule has 96 valence electrons. The fourth-order valence-corrected chi connectivity index (χ4v) is 1.90. The molecule has 1 N–H and O–H groups in total. The second-order valence-corrected chi connectivity index (χ2v) is 3.95. The SMILES string of the molecule is CCOc1ccc(-n2ncc3c(=O)[nH]cnc32)cc1. The van der Waals surface area contributed by atoms with Crippen molar-refractivity contribution in [2.24, 2.45) is 0 Å². The van der Waals surface area contributed by atoms with Crippen molar-refractivity contribution < 1.29 is 4.74 Å². The van der Waals surface area contributed by atoms with Crippen molar-refractivity contribution in [2.75, 3.05) is 6.61 Å². The maximum atomic E-state index is 11.6. The lowest BCUT2D eigenvalue weighted by atomic mass is 10.3. The van der Waals surface area contributed by atoms with Crippen molar-refractivity contribution in [3.8, 4) is 11.4 Å². The van der Waals surface area contributed by atoms with Crippen molar-refractivity contribution in [1.29, 1.82) is 0 Å². The number of aromatic amines is 1. The van der Waals surface area contributed by atoms with Crippen LogP contribution in [0.2, 0.25) is 0 Å². The van der Waals surface area contributed by atoms with E-state index in [2.05, 4.69) is 15.1 Å².